The van der Waals surface area contributed by atoms with Crippen molar-refractivity contribution < 1.29 is 13.2 Å². The monoisotopic (exact) mass is 198 g/mol. The predicted molar refractivity (Wildman–Crippen MR) is 50.4 cm³/mol. The van der Waals surface area contributed by atoms with Crippen LogP contribution in [0.15, 0.2) is 48.3 Å². The summed E-state index contributed by atoms with van der Waals surface area (Å²) >= 11 is 0. The molecule has 0 fully saturated rings. The van der Waals surface area contributed by atoms with Gasteiger partial charge in [-0.15, -0.1) is 0 Å². The summed E-state index contributed by atoms with van der Waals surface area (Å²) in [5.74, 6) is -1.38. The van der Waals surface area contributed by atoms with E-state index in [0.29, 0.717) is 0 Å². The molecule has 1 aromatic rings. The molecule has 0 saturated heterocycles. The Morgan fingerprint density at radius 1 is 1.07 bits per heavy atom. The third-order valence-electron chi connectivity index (χ3n) is 1.61. The van der Waals surface area contributed by atoms with Crippen molar-refractivity contribution in [2.45, 2.75) is 6.42 Å². The summed E-state index contributed by atoms with van der Waals surface area (Å²) in [5, 5.41) is 0. The molecule has 0 bridgehead atoms. The summed E-state index contributed by atoms with van der Waals surface area (Å²) in [6.07, 6.45) is 0.353. The zero-order valence-electron chi connectivity index (χ0n) is 7.38. The minimum Gasteiger partial charge on any atom is -0.206 e. The van der Waals surface area contributed by atoms with Crippen LogP contribution in [0.4, 0.5) is 13.2 Å². The minimum absolute atomic E-state index is 0.364. The van der Waals surface area contributed by atoms with Gasteiger partial charge >= 0.3 is 6.08 Å². The summed E-state index contributed by atoms with van der Waals surface area (Å²) in [6.45, 7) is 0. The molecule has 0 atom stereocenters. The second-order valence-corrected chi connectivity index (χ2v) is 2.68. The van der Waals surface area contributed by atoms with Crippen LogP contribution >= 0.6 is 0 Å². The molecule has 0 aliphatic rings. The molecule has 0 spiro atoms. The van der Waals surface area contributed by atoms with Gasteiger partial charge in [-0.25, -0.2) is 4.39 Å². The van der Waals surface area contributed by atoms with Gasteiger partial charge < -0.3 is 0 Å². The molecule has 0 heterocycles. The molecule has 1 aromatic carbocycles. The fraction of sp³-hybridized carbons (Fsp3) is 0.0909. The molecule has 0 aliphatic heterocycles. The summed E-state index contributed by atoms with van der Waals surface area (Å²) in [6, 6.07) is 9.11. The molecule has 1 rings (SSSR count). The largest absolute Gasteiger partial charge is 0.301 e. The molecule has 0 nitrogen and oxygen atoms in total. The van der Waals surface area contributed by atoms with Gasteiger partial charge in [-0.2, -0.15) is 8.78 Å². The van der Waals surface area contributed by atoms with Crippen molar-refractivity contribution in [2.24, 2.45) is 0 Å². The standard InChI is InChI=1S/C11H9F3/c12-10(11(13)14)8-4-7-9-5-2-1-3-6-9/h1-7H,8H2/b7-4+. The van der Waals surface area contributed by atoms with Crippen molar-refractivity contribution in [2.75, 3.05) is 0 Å². The minimum atomic E-state index is -2.25. The SMILES string of the molecule is FC(F)=C(F)C/C=C/c1ccccc1. The first-order chi connectivity index (χ1) is 6.70. The highest BCUT2D eigenvalue weighted by Crippen LogP contribution is 2.14. The van der Waals surface area contributed by atoms with Crippen LogP contribution in [0.25, 0.3) is 6.08 Å². The molecular weight excluding hydrogens is 189 g/mol. The van der Waals surface area contributed by atoms with Gasteiger partial charge in [0.1, 0.15) is 0 Å². The smallest absolute Gasteiger partial charge is 0.206 e. The fourth-order valence-corrected chi connectivity index (χ4v) is 0.940. The molecule has 0 aliphatic carbocycles. The Morgan fingerprint density at radius 3 is 2.29 bits per heavy atom. The van der Waals surface area contributed by atoms with Crippen LogP contribution in [0.2, 0.25) is 0 Å². The van der Waals surface area contributed by atoms with Crippen molar-refractivity contribution in [1.82, 2.24) is 0 Å². The summed E-state index contributed by atoms with van der Waals surface area (Å²) in [7, 11) is 0. The Balaban J connectivity index is 2.55. The highest BCUT2D eigenvalue weighted by Gasteiger charge is 2.00. The lowest BCUT2D eigenvalue weighted by Gasteiger charge is -1.91. The van der Waals surface area contributed by atoms with Gasteiger partial charge in [-0.1, -0.05) is 42.5 Å². The van der Waals surface area contributed by atoms with Crippen molar-refractivity contribution >= 4 is 6.08 Å². The van der Waals surface area contributed by atoms with E-state index in [-0.39, 0.29) is 6.42 Å². The molecule has 74 valence electrons. The van der Waals surface area contributed by atoms with Gasteiger partial charge in [0.15, 0.2) is 5.83 Å². The van der Waals surface area contributed by atoms with Crippen molar-refractivity contribution in [3.63, 3.8) is 0 Å². The average molecular weight is 198 g/mol. The quantitative estimate of drug-likeness (QED) is 0.683. The Labute approximate surface area is 80.4 Å². The van der Waals surface area contributed by atoms with E-state index >= 15 is 0 Å². The number of hydrogen-bond donors (Lipinski definition) is 0. The third kappa shape index (κ3) is 3.47. The second-order valence-electron chi connectivity index (χ2n) is 2.68. The first kappa shape index (κ1) is 10.6. The van der Waals surface area contributed by atoms with Gasteiger partial charge in [0.25, 0.3) is 0 Å². The van der Waals surface area contributed by atoms with E-state index in [1.165, 1.54) is 6.08 Å². The predicted octanol–water partition coefficient (Wildman–Crippen LogP) is 4.17. The lowest BCUT2D eigenvalue weighted by Crippen LogP contribution is -1.73. The van der Waals surface area contributed by atoms with Gasteiger partial charge in [-0.3, -0.25) is 0 Å². The maximum Gasteiger partial charge on any atom is 0.301 e. The highest BCUT2D eigenvalue weighted by atomic mass is 19.3. The number of halogens is 3. The summed E-state index contributed by atoms with van der Waals surface area (Å²) < 4.78 is 35.6. The molecule has 0 saturated carbocycles. The van der Waals surface area contributed by atoms with Gasteiger partial charge in [0, 0.05) is 6.42 Å². The average Bonchev–Trinajstić information content (AvgIpc) is 2.19. The molecule has 0 radical (unpaired) electrons. The lowest BCUT2D eigenvalue weighted by atomic mass is 10.2. The number of benzene rings is 1. The van der Waals surface area contributed by atoms with E-state index in [4.69, 9.17) is 0 Å². The van der Waals surface area contributed by atoms with Gasteiger partial charge in [0.05, 0.1) is 0 Å². The van der Waals surface area contributed by atoms with Crippen molar-refractivity contribution in [3.8, 4) is 0 Å². The molecule has 0 aromatic heterocycles. The molecular formula is C11H9F3. The number of hydrogen-bond acceptors (Lipinski definition) is 0. The normalized spacial score (nSPS) is 10.5. The van der Waals surface area contributed by atoms with Gasteiger partial charge in [-0.05, 0) is 5.56 Å². The Hall–Kier alpha value is -1.51. The number of allylic oxidation sites excluding steroid dienone is 2. The van der Waals surface area contributed by atoms with E-state index < -0.39 is 11.9 Å². The third-order valence-corrected chi connectivity index (χ3v) is 1.61. The van der Waals surface area contributed by atoms with Crippen LogP contribution < -0.4 is 0 Å². The second kappa shape index (κ2) is 5.27. The van der Waals surface area contributed by atoms with Gasteiger partial charge in [0.2, 0.25) is 0 Å². The van der Waals surface area contributed by atoms with Crippen molar-refractivity contribution in [3.05, 3.63) is 53.9 Å². The first-order valence-corrected chi connectivity index (χ1v) is 4.11. The van der Waals surface area contributed by atoms with E-state index in [9.17, 15) is 13.2 Å². The van der Waals surface area contributed by atoms with Crippen LogP contribution in [0.5, 0.6) is 0 Å². The van der Waals surface area contributed by atoms with Crippen LogP contribution in [0.3, 0.4) is 0 Å². The Bertz CT molecular complexity index is 335. The van der Waals surface area contributed by atoms with Crippen molar-refractivity contribution in [1.29, 1.82) is 0 Å². The zero-order valence-corrected chi connectivity index (χ0v) is 7.38. The number of rotatable bonds is 3. The van der Waals surface area contributed by atoms with Crippen LogP contribution in [-0.4, -0.2) is 0 Å². The first-order valence-electron chi connectivity index (χ1n) is 4.11. The van der Waals surface area contributed by atoms with E-state index in [1.54, 1.807) is 6.08 Å². The fourth-order valence-electron chi connectivity index (χ4n) is 0.940. The van der Waals surface area contributed by atoms with E-state index in [0.717, 1.165) is 5.56 Å². The van der Waals surface area contributed by atoms with Crippen LogP contribution in [0.1, 0.15) is 12.0 Å². The molecule has 0 amide bonds. The lowest BCUT2D eigenvalue weighted by molar-refractivity contribution is 0.375. The maximum absolute atomic E-state index is 12.3. The molecule has 0 unspecified atom stereocenters. The molecule has 14 heavy (non-hydrogen) atoms. The van der Waals surface area contributed by atoms with E-state index in [2.05, 4.69) is 0 Å². The molecule has 0 N–H and O–H groups in total. The summed E-state index contributed by atoms with van der Waals surface area (Å²) in [5.41, 5.74) is 0.861. The maximum atomic E-state index is 12.3. The summed E-state index contributed by atoms with van der Waals surface area (Å²) in [4.78, 5) is 0. The van der Waals surface area contributed by atoms with E-state index in [1.807, 2.05) is 30.3 Å². The highest BCUT2D eigenvalue weighted by molar-refractivity contribution is 5.48. The Morgan fingerprint density at radius 2 is 1.71 bits per heavy atom. The Kier molecular flexibility index (Phi) is 3.98. The van der Waals surface area contributed by atoms with Crippen LogP contribution in [0, 0.1) is 0 Å². The zero-order chi connectivity index (χ0) is 10.4. The topological polar surface area (TPSA) is 0 Å². The van der Waals surface area contributed by atoms with Crippen LogP contribution in [-0.2, 0) is 0 Å². The molecule has 3 heteroatoms.